The molecule has 1 heterocycles. The fourth-order valence-corrected chi connectivity index (χ4v) is 1.26. The van der Waals surface area contributed by atoms with Gasteiger partial charge in [0.25, 0.3) is 0 Å². The van der Waals surface area contributed by atoms with Gasteiger partial charge in [-0.3, -0.25) is 9.59 Å². The van der Waals surface area contributed by atoms with Gasteiger partial charge in [0.15, 0.2) is 0 Å². The van der Waals surface area contributed by atoms with Gasteiger partial charge in [-0.2, -0.15) is 0 Å². The standard InChI is InChI=1S/C5H10N2O.C5H6O5/c6-5(8)7-3-1-2-4-7;6-3(5(9)10)1-2-4(7)8/h1-4H2,(H2,6,8);1-2H2,(H,7,8)(H,9,10). The SMILES string of the molecule is NC(=O)N1CCCC1.O=C(O)CCC(=O)C(=O)O. The largest absolute Gasteiger partial charge is 0.481 e. The van der Waals surface area contributed by atoms with E-state index >= 15 is 0 Å². The molecule has 0 bridgehead atoms. The summed E-state index contributed by atoms with van der Waals surface area (Å²) in [4.78, 5) is 41.8. The topological polar surface area (TPSA) is 138 Å². The van der Waals surface area contributed by atoms with Crippen LogP contribution in [-0.2, 0) is 14.4 Å². The molecule has 0 saturated carbocycles. The molecule has 8 nitrogen and oxygen atoms in total. The van der Waals surface area contributed by atoms with Gasteiger partial charge in [0, 0.05) is 19.5 Å². The lowest BCUT2D eigenvalue weighted by Gasteiger charge is -2.09. The van der Waals surface area contributed by atoms with E-state index in [0.29, 0.717) is 0 Å². The summed E-state index contributed by atoms with van der Waals surface area (Å²) in [5.74, 6) is -3.82. The Labute approximate surface area is 103 Å². The van der Waals surface area contributed by atoms with Crippen molar-refractivity contribution in [1.29, 1.82) is 0 Å². The molecule has 0 atom stereocenters. The number of ketones is 1. The lowest BCUT2D eigenvalue weighted by Crippen LogP contribution is -2.32. The fraction of sp³-hybridized carbons (Fsp3) is 0.600. The lowest BCUT2D eigenvalue weighted by atomic mass is 10.2. The first kappa shape index (κ1) is 15.9. The highest BCUT2D eigenvalue weighted by atomic mass is 16.4. The number of hydrogen-bond acceptors (Lipinski definition) is 4. The molecule has 0 radical (unpaired) electrons. The van der Waals surface area contributed by atoms with Crippen LogP contribution in [0, 0.1) is 0 Å². The molecule has 0 aromatic carbocycles. The number of carbonyl (C=O) groups is 4. The number of carbonyl (C=O) groups excluding carboxylic acids is 2. The van der Waals surface area contributed by atoms with Crippen LogP contribution in [0.4, 0.5) is 4.79 Å². The fourth-order valence-electron chi connectivity index (χ4n) is 1.26. The second-order valence-corrected chi connectivity index (χ2v) is 3.65. The molecule has 1 rings (SSSR count). The van der Waals surface area contributed by atoms with Crippen molar-refractivity contribution >= 4 is 23.8 Å². The van der Waals surface area contributed by atoms with Crippen LogP contribution in [0.25, 0.3) is 0 Å². The van der Waals surface area contributed by atoms with E-state index in [1.165, 1.54) is 0 Å². The number of carboxylic acids is 2. The normalized spacial score (nSPS) is 13.4. The minimum atomic E-state index is -1.58. The molecule has 0 aromatic rings. The summed E-state index contributed by atoms with van der Waals surface area (Å²) in [7, 11) is 0. The zero-order chi connectivity index (χ0) is 14.1. The highest BCUT2D eigenvalue weighted by molar-refractivity contribution is 6.32. The average Bonchev–Trinajstić information content (AvgIpc) is 2.79. The number of urea groups is 1. The number of amides is 2. The summed E-state index contributed by atoms with van der Waals surface area (Å²) in [5.41, 5.74) is 4.98. The number of nitrogens with two attached hydrogens (primary N) is 1. The number of hydrogen-bond donors (Lipinski definition) is 3. The van der Waals surface area contributed by atoms with Crippen LogP contribution in [0.1, 0.15) is 25.7 Å². The van der Waals surface area contributed by atoms with Gasteiger partial charge in [-0.1, -0.05) is 0 Å². The Bertz CT molecular complexity index is 335. The Morgan fingerprint density at radius 1 is 1.00 bits per heavy atom. The number of Topliss-reactive ketones (excluding diaryl/α,β-unsaturated/α-hetero) is 1. The summed E-state index contributed by atoms with van der Waals surface area (Å²) in [6.07, 6.45) is 1.36. The molecular weight excluding hydrogens is 244 g/mol. The second-order valence-electron chi connectivity index (χ2n) is 3.65. The molecule has 0 aliphatic carbocycles. The van der Waals surface area contributed by atoms with Gasteiger partial charge in [0.05, 0.1) is 6.42 Å². The summed E-state index contributed by atoms with van der Waals surface area (Å²) in [6, 6.07) is -0.275. The molecule has 8 heteroatoms. The third-order valence-corrected chi connectivity index (χ3v) is 2.22. The zero-order valence-corrected chi connectivity index (χ0v) is 9.79. The van der Waals surface area contributed by atoms with E-state index < -0.39 is 30.6 Å². The van der Waals surface area contributed by atoms with E-state index in [1.807, 2.05) is 0 Å². The van der Waals surface area contributed by atoms with Crippen LogP contribution in [-0.4, -0.2) is 52.0 Å². The number of nitrogens with zero attached hydrogens (tertiary/aromatic N) is 1. The van der Waals surface area contributed by atoms with E-state index in [9.17, 15) is 19.2 Å². The lowest BCUT2D eigenvalue weighted by molar-refractivity contribution is -0.149. The Balaban J connectivity index is 0.000000327. The first-order chi connectivity index (χ1) is 8.34. The van der Waals surface area contributed by atoms with Crippen molar-refractivity contribution in [3.63, 3.8) is 0 Å². The van der Waals surface area contributed by atoms with Crippen LogP contribution in [0.15, 0.2) is 0 Å². The third kappa shape index (κ3) is 7.20. The molecule has 1 fully saturated rings. The summed E-state index contributed by atoms with van der Waals surface area (Å²) >= 11 is 0. The molecular formula is C10H16N2O6. The number of rotatable bonds is 4. The molecule has 0 aromatic heterocycles. The molecule has 1 aliphatic rings. The third-order valence-electron chi connectivity index (χ3n) is 2.22. The number of aliphatic carboxylic acids is 2. The van der Waals surface area contributed by atoms with Gasteiger partial charge < -0.3 is 20.8 Å². The molecule has 2 amide bonds. The van der Waals surface area contributed by atoms with E-state index in [2.05, 4.69) is 0 Å². The second kappa shape index (κ2) is 8.04. The predicted octanol–water partition coefficient (Wildman–Crippen LogP) is -0.334. The molecule has 4 N–H and O–H groups in total. The summed E-state index contributed by atoms with van der Waals surface area (Å²) in [5, 5.41) is 16.0. The average molecular weight is 260 g/mol. The van der Waals surface area contributed by atoms with Crippen LogP contribution in [0.3, 0.4) is 0 Å². The maximum atomic E-state index is 10.3. The van der Waals surface area contributed by atoms with Crippen molar-refractivity contribution in [2.45, 2.75) is 25.7 Å². The molecule has 0 unspecified atom stereocenters. The minimum Gasteiger partial charge on any atom is -0.481 e. The molecule has 18 heavy (non-hydrogen) atoms. The van der Waals surface area contributed by atoms with Gasteiger partial charge in [0.1, 0.15) is 0 Å². The first-order valence-corrected chi connectivity index (χ1v) is 5.37. The quantitative estimate of drug-likeness (QED) is 0.591. The van der Waals surface area contributed by atoms with Crippen LogP contribution in [0.5, 0.6) is 0 Å². The maximum Gasteiger partial charge on any atom is 0.372 e. The van der Waals surface area contributed by atoms with E-state index in [1.54, 1.807) is 4.90 Å². The monoisotopic (exact) mass is 260 g/mol. The Kier molecular flexibility index (Phi) is 7.10. The van der Waals surface area contributed by atoms with Crippen molar-refractivity contribution in [3.8, 4) is 0 Å². The predicted molar refractivity (Wildman–Crippen MR) is 59.9 cm³/mol. The minimum absolute atomic E-state index is 0.275. The molecule has 1 aliphatic heterocycles. The van der Waals surface area contributed by atoms with Gasteiger partial charge in [-0.25, -0.2) is 9.59 Å². The van der Waals surface area contributed by atoms with Crippen LogP contribution < -0.4 is 5.73 Å². The Morgan fingerprint density at radius 3 is 1.78 bits per heavy atom. The van der Waals surface area contributed by atoms with E-state index in [-0.39, 0.29) is 6.03 Å². The van der Waals surface area contributed by atoms with Crippen molar-refractivity contribution in [2.75, 3.05) is 13.1 Å². The Hall–Kier alpha value is -2.12. The van der Waals surface area contributed by atoms with E-state index in [0.717, 1.165) is 25.9 Å². The molecule has 1 saturated heterocycles. The summed E-state index contributed by atoms with van der Waals surface area (Å²) < 4.78 is 0. The van der Waals surface area contributed by atoms with Gasteiger partial charge in [-0.15, -0.1) is 0 Å². The Morgan fingerprint density at radius 2 is 1.50 bits per heavy atom. The number of likely N-dealkylation sites (tertiary alicyclic amines) is 1. The van der Waals surface area contributed by atoms with Crippen LogP contribution in [0.2, 0.25) is 0 Å². The van der Waals surface area contributed by atoms with Gasteiger partial charge in [-0.05, 0) is 12.8 Å². The highest BCUT2D eigenvalue weighted by Gasteiger charge is 2.13. The van der Waals surface area contributed by atoms with E-state index in [4.69, 9.17) is 15.9 Å². The van der Waals surface area contributed by atoms with Crippen molar-refractivity contribution in [1.82, 2.24) is 4.90 Å². The van der Waals surface area contributed by atoms with Crippen molar-refractivity contribution < 1.29 is 29.4 Å². The van der Waals surface area contributed by atoms with Gasteiger partial charge in [0.2, 0.25) is 5.78 Å². The number of carboxylic acid groups (broad SMARTS) is 2. The smallest absolute Gasteiger partial charge is 0.372 e. The summed E-state index contributed by atoms with van der Waals surface area (Å²) in [6.45, 7) is 1.71. The molecule has 102 valence electrons. The highest BCUT2D eigenvalue weighted by Crippen LogP contribution is 2.05. The number of primary amides is 1. The molecule has 0 spiro atoms. The van der Waals surface area contributed by atoms with Gasteiger partial charge >= 0.3 is 18.0 Å². The zero-order valence-electron chi connectivity index (χ0n) is 9.79. The van der Waals surface area contributed by atoms with Crippen molar-refractivity contribution in [3.05, 3.63) is 0 Å². The first-order valence-electron chi connectivity index (χ1n) is 5.37. The maximum absolute atomic E-state index is 10.3. The van der Waals surface area contributed by atoms with Crippen molar-refractivity contribution in [2.24, 2.45) is 5.73 Å². The van der Waals surface area contributed by atoms with Crippen LogP contribution >= 0.6 is 0 Å².